The van der Waals surface area contributed by atoms with Crippen LogP contribution in [0.2, 0.25) is 0 Å². The predicted octanol–water partition coefficient (Wildman–Crippen LogP) is -1.71. The van der Waals surface area contributed by atoms with Gasteiger partial charge in [0.15, 0.2) is 0 Å². The molecule has 0 aromatic carbocycles. The molecule has 11 heteroatoms. The summed E-state index contributed by atoms with van der Waals surface area (Å²) in [5, 5.41) is 7.42. The fourth-order valence-electron chi connectivity index (χ4n) is 0. The van der Waals surface area contributed by atoms with E-state index < -0.39 is 16.4 Å². The van der Waals surface area contributed by atoms with E-state index in [0.29, 0.717) is 0 Å². The third kappa shape index (κ3) is 352. The van der Waals surface area contributed by atoms with Gasteiger partial charge in [0.1, 0.15) is 0 Å². The van der Waals surface area contributed by atoms with E-state index in [-0.39, 0.29) is 104 Å². The summed E-state index contributed by atoms with van der Waals surface area (Å²) in [4.78, 5) is 9.00. The van der Waals surface area contributed by atoms with Crippen molar-refractivity contribution in [3.8, 4) is 0 Å². The molecule has 0 fully saturated rings. The Kier molecular flexibility index (Phi) is 55.6. The van der Waals surface area contributed by atoms with Gasteiger partial charge in [-0.15, -0.1) is 12.4 Å². The number of aliphatic carboxylic acids is 1. The summed E-state index contributed by atoms with van der Waals surface area (Å²) in [6, 6.07) is 0. The first-order chi connectivity index (χ1) is 3.73. The SMILES string of the molecule is CC(=O)O.Cl.O=S(=O)(O)O.[Cu].[KH].[MgH2]. The van der Waals surface area contributed by atoms with Gasteiger partial charge in [0, 0.05) is 24.0 Å². The van der Waals surface area contributed by atoms with Gasteiger partial charge >= 0.3 is 84.8 Å². The van der Waals surface area contributed by atoms with Gasteiger partial charge in [-0.05, 0) is 0 Å². The molecular weight excluding hydrogens is 314 g/mol. The summed E-state index contributed by atoms with van der Waals surface area (Å²) in [6.45, 7) is 1.08. The Hall–Kier alpha value is 2.55. The largest absolute Gasteiger partial charge is 0.316 e. The van der Waals surface area contributed by atoms with Crippen molar-refractivity contribution in [1.82, 2.24) is 0 Å². The van der Waals surface area contributed by atoms with Gasteiger partial charge in [-0.1, -0.05) is 0 Å². The Morgan fingerprint density at radius 3 is 1.23 bits per heavy atom. The third-order valence-corrected chi connectivity index (χ3v) is 0. The number of rotatable bonds is 0. The molecule has 0 saturated carbocycles. The van der Waals surface area contributed by atoms with Crippen molar-refractivity contribution in [2.24, 2.45) is 0 Å². The van der Waals surface area contributed by atoms with E-state index in [1.807, 2.05) is 0 Å². The molecular formula is C2H10ClCuKMgO6S. The fraction of sp³-hybridized carbons (Fsp3) is 0.500. The number of carboxylic acid groups (broad SMARTS) is 1. The summed E-state index contributed by atoms with van der Waals surface area (Å²) in [6.07, 6.45) is 0. The fourth-order valence-corrected chi connectivity index (χ4v) is 0. The van der Waals surface area contributed by atoms with E-state index in [2.05, 4.69) is 0 Å². The molecule has 81 valence electrons. The van der Waals surface area contributed by atoms with Crippen molar-refractivity contribution in [3.63, 3.8) is 0 Å². The molecule has 0 aromatic rings. The zero-order valence-electron chi connectivity index (χ0n) is 5.18. The topological polar surface area (TPSA) is 112 Å². The molecule has 0 atom stereocenters. The van der Waals surface area contributed by atoms with Crippen LogP contribution in [-0.4, -0.2) is 103 Å². The standard InChI is InChI=1S/C2H4O2.ClH.Cu.K.Mg.H2O4S.3H/c1-2(3)4;;;;;1-5(2,3)4;;;/h1H3,(H,3,4);1H;;;;(H2,1,2,3,4);;;. The zero-order valence-corrected chi connectivity index (χ0v) is 7.76. The molecule has 0 rings (SSSR count). The van der Waals surface area contributed by atoms with Crippen molar-refractivity contribution in [2.75, 3.05) is 0 Å². The quantitative estimate of drug-likeness (QED) is 0.361. The second-order valence-electron chi connectivity index (χ2n) is 0.967. The molecule has 0 aromatic heterocycles. The minimum Gasteiger partial charge on any atom is 0.316 e. The summed E-state index contributed by atoms with van der Waals surface area (Å²) in [7, 11) is -4.67. The van der Waals surface area contributed by atoms with Gasteiger partial charge < -0.3 is 5.11 Å². The second-order valence-corrected chi connectivity index (χ2v) is 1.86. The van der Waals surface area contributed by atoms with Gasteiger partial charge in [0.2, 0.25) is 0 Å². The van der Waals surface area contributed by atoms with E-state index in [1.165, 1.54) is 0 Å². The van der Waals surface area contributed by atoms with E-state index in [0.717, 1.165) is 6.92 Å². The Labute approximate surface area is 152 Å². The molecule has 0 heterocycles. The molecule has 0 aliphatic rings. The Morgan fingerprint density at radius 1 is 1.23 bits per heavy atom. The van der Waals surface area contributed by atoms with Crippen molar-refractivity contribution in [3.05, 3.63) is 0 Å². The Bertz CT molecular complexity index is 173. The zero-order chi connectivity index (χ0) is 8.08. The van der Waals surface area contributed by atoms with E-state index in [9.17, 15) is 0 Å². The maximum Gasteiger partial charge on any atom is 0.316 e. The molecule has 13 heavy (non-hydrogen) atoms. The van der Waals surface area contributed by atoms with Crippen LogP contribution < -0.4 is 0 Å². The van der Waals surface area contributed by atoms with Crippen molar-refractivity contribution in [1.29, 1.82) is 0 Å². The summed E-state index contributed by atoms with van der Waals surface area (Å²) in [5.74, 6) is -0.833. The predicted molar refractivity (Wildman–Crippen MR) is 50.4 cm³/mol. The van der Waals surface area contributed by atoms with Crippen LogP contribution in [0.4, 0.5) is 0 Å². The molecule has 0 unspecified atom stereocenters. The molecule has 6 nitrogen and oxygen atoms in total. The average Bonchev–Trinajstić information content (AvgIpc) is 1.19. The third-order valence-electron chi connectivity index (χ3n) is 0. The van der Waals surface area contributed by atoms with Crippen LogP contribution in [-0.2, 0) is 32.3 Å². The minimum atomic E-state index is -4.67. The van der Waals surface area contributed by atoms with Crippen molar-refractivity contribution < 1.29 is 44.5 Å². The first kappa shape index (κ1) is 36.1. The van der Waals surface area contributed by atoms with E-state index in [4.69, 9.17) is 27.4 Å². The number of carboxylic acids is 1. The smallest absolute Gasteiger partial charge is 0.316 e. The van der Waals surface area contributed by atoms with Crippen LogP contribution in [0.25, 0.3) is 0 Å². The molecule has 3 N–H and O–H groups in total. The van der Waals surface area contributed by atoms with Crippen LogP contribution in [0.15, 0.2) is 0 Å². The second kappa shape index (κ2) is 20.0. The molecule has 1 radical (unpaired) electrons. The molecule has 0 saturated heterocycles. The van der Waals surface area contributed by atoms with Crippen LogP contribution in [0.1, 0.15) is 6.92 Å². The average molecular weight is 325 g/mol. The van der Waals surface area contributed by atoms with Gasteiger partial charge in [0.05, 0.1) is 0 Å². The van der Waals surface area contributed by atoms with Crippen LogP contribution in [0.3, 0.4) is 0 Å². The molecule has 0 spiro atoms. The maximum atomic E-state index is 9.00. The van der Waals surface area contributed by atoms with Crippen molar-refractivity contribution in [2.45, 2.75) is 6.92 Å². The molecule has 0 aliphatic carbocycles. The number of hydrogen-bond acceptors (Lipinski definition) is 3. The summed E-state index contributed by atoms with van der Waals surface area (Å²) >= 11 is 0. The van der Waals surface area contributed by atoms with Crippen molar-refractivity contribution >= 4 is 103 Å². The summed E-state index contributed by atoms with van der Waals surface area (Å²) in [5.41, 5.74) is 0. The number of halogens is 1. The minimum absolute atomic E-state index is 0. The van der Waals surface area contributed by atoms with Gasteiger partial charge in [-0.3, -0.25) is 13.9 Å². The molecule has 0 aliphatic heterocycles. The first-order valence-electron chi connectivity index (χ1n) is 1.63. The Balaban J connectivity index is -0.0000000146. The maximum absolute atomic E-state index is 9.00. The summed E-state index contributed by atoms with van der Waals surface area (Å²) < 4.78 is 31.6. The van der Waals surface area contributed by atoms with Crippen LogP contribution >= 0.6 is 12.4 Å². The van der Waals surface area contributed by atoms with Gasteiger partial charge in [-0.25, -0.2) is 0 Å². The monoisotopic (exact) mass is 323 g/mol. The molecule has 0 amide bonds. The van der Waals surface area contributed by atoms with E-state index in [1.54, 1.807) is 0 Å². The normalized spacial score (nSPS) is 6.38. The number of carbonyl (C=O) groups is 1. The Morgan fingerprint density at radius 2 is 1.23 bits per heavy atom. The van der Waals surface area contributed by atoms with Gasteiger partial charge in [-0.2, -0.15) is 8.42 Å². The first-order valence-corrected chi connectivity index (χ1v) is 3.02. The van der Waals surface area contributed by atoms with Gasteiger partial charge in [0.25, 0.3) is 5.97 Å². The van der Waals surface area contributed by atoms with E-state index >= 15 is 0 Å². The van der Waals surface area contributed by atoms with Crippen LogP contribution in [0.5, 0.6) is 0 Å². The molecule has 0 bridgehead atoms. The van der Waals surface area contributed by atoms with Crippen LogP contribution in [0, 0.1) is 0 Å². The number of hydrogen-bond donors (Lipinski definition) is 3.